The molecule has 2 aromatic rings. The molecular weight excluding hydrogens is 373 g/mol. The Morgan fingerprint density at radius 1 is 1.21 bits per heavy atom. The van der Waals surface area contributed by atoms with Crippen molar-refractivity contribution in [3.63, 3.8) is 0 Å². The first-order chi connectivity index (χ1) is 13.4. The molecule has 0 radical (unpaired) electrons. The van der Waals surface area contributed by atoms with E-state index >= 15 is 0 Å². The topological polar surface area (TPSA) is 66.5 Å². The number of amides is 2. The van der Waals surface area contributed by atoms with Gasteiger partial charge >= 0.3 is 12.2 Å². The van der Waals surface area contributed by atoms with Gasteiger partial charge in [0.1, 0.15) is 0 Å². The van der Waals surface area contributed by atoms with Gasteiger partial charge in [0.05, 0.1) is 24.0 Å². The van der Waals surface area contributed by atoms with Crippen LogP contribution in [-0.2, 0) is 12.7 Å². The van der Waals surface area contributed by atoms with Gasteiger partial charge in [0, 0.05) is 31.9 Å². The van der Waals surface area contributed by atoms with Crippen molar-refractivity contribution in [2.24, 2.45) is 0 Å². The highest BCUT2D eigenvalue weighted by Gasteiger charge is 2.32. The number of carbonyl (C=O) groups excluding carboxylic acids is 1. The van der Waals surface area contributed by atoms with E-state index in [2.05, 4.69) is 15.6 Å². The van der Waals surface area contributed by atoms with Gasteiger partial charge in [0.2, 0.25) is 5.88 Å². The van der Waals surface area contributed by atoms with Crippen LogP contribution in [-0.4, -0.2) is 31.2 Å². The van der Waals surface area contributed by atoms with Crippen LogP contribution in [0.25, 0.3) is 0 Å². The SMILES string of the molecule is COc1cc(CNC(=O)Nc2cc(C(F)(F)F)ccc2N2CCCC2)ccn1. The van der Waals surface area contributed by atoms with Crippen LogP contribution in [0.1, 0.15) is 24.0 Å². The summed E-state index contributed by atoms with van der Waals surface area (Å²) in [5, 5.41) is 5.20. The number of hydrogen-bond donors (Lipinski definition) is 2. The lowest BCUT2D eigenvalue weighted by Gasteiger charge is -2.23. The largest absolute Gasteiger partial charge is 0.481 e. The molecule has 1 aromatic carbocycles. The second kappa shape index (κ2) is 8.37. The molecule has 3 rings (SSSR count). The molecule has 1 saturated heterocycles. The Kier molecular flexibility index (Phi) is 5.91. The molecule has 1 aliphatic rings. The average Bonchev–Trinajstić information content (AvgIpc) is 3.20. The maximum Gasteiger partial charge on any atom is 0.416 e. The highest BCUT2D eigenvalue weighted by atomic mass is 19.4. The van der Waals surface area contributed by atoms with Crippen LogP contribution in [0.15, 0.2) is 36.5 Å². The first kappa shape index (κ1) is 19.8. The van der Waals surface area contributed by atoms with Crippen LogP contribution in [0.3, 0.4) is 0 Å². The molecule has 0 unspecified atom stereocenters. The molecule has 2 N–H and O–H groups in total. The Bertz CT molecular complexity index is 836. The van der Waals surface area contributed by atoms with Crippen molar-refractivity contribution in [2.75, 3.05) is 30.4 Å². The number of ether oxygens (including phenoxy) is 1. The molecule has 1 aromatic heterocycles. The Labute approximate surface area is 160 Å². The first-order valence-electron chi connectivity index (χ1n) is 8.87. The van der Waals surface area contributed by atoms with Gasteiger partial charge in [-0.05, 0) is 42.7 Å². The maximum absolute atomic E-state index is 13.1. The zero-order chi connectivity index (χ0) is 20.1. The van der Waals surface area contributed by atoms with Gasteiger partial charge in [-0.1, -0.05) is 0 Å². The Morgan fingerprint density at radius 3 is 2.64 bits per heavy atom. The molecule has 2 amide bonds. The van der Waals surface area contributed by atoms with E-state index in [1.807, 2.05) is 4.90 Å². The Hall–Kier alpha value is -2.97. The van der Waals surface area contributed by atoms with Crippen LogP contribution in [0.5, 0.6) is 5.88 Å². The summed E-state index contributed by atoms with van der Waals surface area (Å²) >= 11 is 0. The summed E-state index contributed by atoms with van der Waals surface area (Å²) in [6.07, 6.45) is -0.997. The zero-order valence-electron chi connectivity index (χ0n) is 15.3. The fourth-order valence-electron chi connectivity index (χ4n) is 3.07. The summed E-state index contributed by atoms with van der Waals surface area (Å²) in [4.78, 5) is 18.3. The van der Waals surface area contributed by atoms with Gasteiger partial charge in [0.25, 0.3) is 0 Å². The number of benzene rings is 1. The van der Waals surface area contributed by atoms with Crippen molar-refractivity contribution in [1.82, 2.24) is 10.3 Å². The third-order valence-electron chi connectivity index (χ3n) is 4.48. The Morgan fingerprint density at radius 2 is 1.96 bits per heavy atom. The van der Waals surface area contributed by atoms with Gasteiger partial charge in [-0.25, -0.2) is 9.78 Å². The van der Waals surface area contributed by atoms with E-state index in [9.17, 15) is 18.0 Å². The number of anilines is 2. The number of carbonyl (C=O) groups is 1. The number of aromatic nitrogens is 1. The van der Waals surface area contributed by atoms with Gasteiger partial charge in [0.15, 0.2) is 0 Å². The van der Waals surface area contributed by atoms with E-state index in [-0.39, 0.29) is 12.2 Å². The molecule has 0 bridgehead atoms. The van der Waals surface area contributed by atoms with Crippen LogP contribution in [0, 0.1) is 0 Å². The number of halogens is 3. The minimum atomic E-state index is -4.48. The normalized spacial score (nSPS) is 14.1. The van der Waals surface area contributed by atoms with Crippen molar-refractivity contribution in [3.05, 3.63) is 47.7 Å². The molecule has 28 heavy (non-hydrogen) atoms. The number of nitrogens with zero attached hydrogens (tertiary/aromatic N) is 2. The van der Waals surface area contributed by atoms with Crippen molar-refractivity contribution in [2.45, 2.75) is 25.6 Å². The highest BCUT2D eigenvalue weighted by molar-refractivity contribution is 5.93. The van der Waals surface area contributed by atoms with E-state index in [0.717, 1.165) is 43.6 Å². The van der Waals surface area contributed by atoms with E-state index in [1.54, 1.807) is 18.3 Å². The summed E-state index contributed by atoms with van der Waals surface area (Å²) in [6.45, 7) is 1.68. The van der Waals surface area contributed by atoms with Gasteiger partial charge in [-0.3, -0.25) is 0 Å². The van der Waals surface area contributed by atoms with E-state index in [0.29, 0.717) is 11.6 Å². The highest BCUT2D eigenvalue weighted by Crippen LogP contribution is 2.36. The standard InChI is InChI=1S/C19H21F3N4O2/c1-28-17-10-13(6-7-23-17)12-24-18(27)25-15-11-14(19(20,21)22)4-5-16(15)26-8-2-3-9-26/h4-7,10-11H,2-3,8-9,12H2,1H3,(H2,24,25,27). The predicted octanol–water partition coefficient (Wildman–Crippen LogP) is 4.03. The molecule has 0 spiro atoms. The third kappa shape index (κ3) is 4.85. The van der Waals surface area contributed by atoms with Crippen LogP contribution < -0.4 is 20.3 Å². The smallest absolute Gasteiger partial charge is 0.416 e. The molecule has 0 aliphatic carbocycles. The van der Waals surface area contributed by atoms with Crippen LogP contribution >= 0.6 is 0 Å². The summed E-state index contributed by atoms with van der Waals surface area (Å²) in [5.41, 5.74) is 0.684. The fraction of sp³-hybridized carbons (Fsp3) is 0.368. The molecule has 0 saturated carbocycles. The van der Waals surface area contributed by atoms with Crippen molar-refractivity contribution in [1.29, 1.82) is 0 Å². The summed E-state index contributed by atoms with van der Waals surface area (Å²) in [7, 11) is 1.49. The second-order valence-corrected chi connectivity index (χ2v) is 6.44. The lowest BCUT2D eigenvalue weighted by molar-refractivity contribution is -0.137. The monoisotopic (exact) mass is 394 g/mol. The number of alkyl halides is 3. The van der Waals surface area contributed by atoms with Gasteiger partial charge < -0.3 is 20.3 Å². The number of nitrogens with one attached hydrogen (secondary N) is 2. The molecule has 1 fully saturated rings. The average molecular weight is 394 g/mol. The van der Waals surface area contributed by atoms with Crippen LogP contribution in [0.2, 0.25) is 0 Å². The minimum absolute atomic E-state index is 0.140. The molecule has 2 heterocycles. The molecule has 6 nitrogen and oxygen atoms in total. The third-order valence-corrected chi connectivity index (χ3v) is 4.48. The summed E-state index contributed by atoms with van der Waals surface area (Å²) in [6, 6.07) is 6.22. The molecule has 1 aliphatic heterocycles. The predicted molar refractivity (Wildman–Crippen MR) is 99.5 cm³/mol. The van der Waals surface area contributed by atoms with Crippen molar-refractivity contribution >= 4 is 17.4 Å². The molecule has 9 heteroatoms. The lowest BCUT2D eigenvalue weighted by Crippen LogP contribution is -2.29. The van der Waals surface area contributed by atoms with Crippen LogP contribution in [0.4, 0.5) is 29.3 Å². The summed E-state index contributed by atoms with van der Waals surface area (Å²) < 4.78 is 44.3. The fourth-order valence-corrected chi connectivity index (χ4v) is 3.07. The lowest BCUT2D eigenvalue weighted by atomic mass is 10.1. The number of pyridine rings is 1. The zero-order valence-corrected chi connectivity index (χ0v) is 15.3. The number of urea groups is 1. The van der Waals surface area contributed by atoms with Crippen molar-refractivity contribution < 1.29 is 22.7 Å². The quantitative estimate of drug-likeness (QED) is 0.804. The van der Waals surface area contributed by atoms with E-state index < -0.39 is 17.8 Å². The number of rotatable bonds is 5. The number of methoxy groups -OCH3 is 1. The van der Waals surface area contributed by atoms with E-state index in [1.165, 1.54) is 13.2 Å². The van der Waals surface area contributed by atoms with Gasteiger partial charge in [-0.15, -0.1) is 0 Å². The molecule has 0 atom stereocenters. The molecule has 150 valence electrons. The second-order valence-electron chi connectivity index (χ2n) is 6.44. The molecular formula is C19H21F3N4O2. The van der Waals surface area contributed by atoms with E-state index in [4.69, 9.17) is 4.74 Å². The Balaban J connectivity index is 1.74. The van der Waals surface area contributed by atoms with Crippen molar-refractivity contribution in [3.8, 4) is 5.88 Å². The maximum atomic E-state index is 13.1. The van der Waals surface area contributed by atoms with Gasteiger partial charge in [-0.2, -0.15) is 13.2 Å². The first-order valence-corrected chi connectivity index (χ1v) is 8.87. The number of hydrogen-bond acceptors (Lipinski definition) is 4. The summed E-state index contributed by atoms with van der Waals surface area (Å²) in [5.74, 6) is 0.411. The minimum Gasteiger partial charge on any atom is -0.481 e.